The van der Waals surface area contributed by atoms with Crippen LogP contribution in [0.5, 0.6) is 0 Å². The van der Waals surface area contributed by atoms with Crippen LogP contribution in [-0.2, 0) is 11.3 Å². The zero-order chi connectivity index (χ0) is 24.8. The van der Waals surface area contributed by atoms with E-state index in [4.69, 9.17) is 15.6 Å². The molecule has 0 unspecified atom stereocenters. The molecule has 0 saturated heterocycles. The summed E-state index contributed by atoms with van der Waals surface area (Å²) in [5.74, 6) is -1.81. The minimum atomic E-state index is -1.22. The monoisotopic (exact) mass is 473 g/mol. The van der Waals surface area contributed by atoms with E-state index < -0.39 is 29.9 Å². The third-order valence-electron chi connectivity index (χ3n) is 5.22. The van der Waals surface area contributed by atoms with Crippen LogP contribution in [0.25, 0.3) is 10.9 Å². The Hall–Kier alpha value is -3.93. The lowest BCUT2D eigenvalue weighted by Gasteiger charge is -2.26. The summed E-state index contributed by atoms with van der Waals surface area (Å²) in [6.07, 6.45) is 0.497. The van der Waals surface area contributed by atoms with Gasteiger partial charge in [0.05, 0.1) is 36.0 Å². The molecular weight excluding hydrogens is 445 g/mol. The molecule has 11 nitrogen and oxygen atoms in total. The van der Waals surface area contributed by atoms with E-state index in [0.717, 1.165) is 17.0 Å². The number of hydrogen-bond donors (Lipinski definition) is 5. The van der Waals surface area contributed by atoms with Gasteiger partial charge >= 0.3 is 6.09 Å². The third-order valence-corrected chi connectivity index (χ3v) is 5.22. The maximum absolute atomic E-state index is 14.8. The number of nitrogens with zero attached hydrogens (tertiary/aromatic N) is 3. The Morgan fingerprint density at radius 2 is 2.03 bits per heavy atom. The summed E-state index contributed by atoms with van der Waals surface area (Å²) >= 11 is 0. The van der Waals surface area contributed by atoms with E-state index in [2.05, 4.69) is 26.0 Å². The van der Waals surface area contributed by atoms with Crippen molar-refractivity contribution in [2.24, 2.45) is 5.73 Å². The molecule has 1 aromatic carbocycles. The van der Waals surface area contributed by atoms with Crippen molar-refractivity contribution >= 4 is 40.2 Å². The number of aromatic nitrogens is 3. The van der Waals surface area contributed by atoms with Gasteiger partial charge in [-0.1, -0.05) is 0 Å². The molecule has 0 fully saturated rings. The number of benzene rings is 1. The zero-order valence-electron chi connectivity index (χ0n) is 19.1. The van der Waals surface area contributed by atoms with Gasteiger partial charge in [0.15, 0.2) is 11.6 Å². The molecule has 3 aromatic rings. The first-order chi connectivity index (χ1) is 16.2. The van der Waals surface area contributed by atoms with Crippen molar-refractivity contribution < 1.29 is 23.8 Å². The molecule has 34 heavy (non-hydrogen) atoms. The van der Waals surface area contributed by atoms with Crippen LogP contribution in [0.15, 0.2) is 30.5 Å². The van der Waals surface area contributed by atoms with Gasteiger partial charge in [-0.25, -0.2) is 14.2 Å². The van der Waals surface area contributed by atoms with Crippen molar-refractivity contribution in [3.8, 4) is 0 Å². The Kier molecular flexibility index (Phi) is 7.84. The fraction of sp³-hybridized carbons (Fsp3) is 0.364. The number of aryl methyl sites for hydroxylation is 1. The summed E-state index contributed by atoms with van der Waals surface area (Å²) in [5.41, 5.74) is 6.86. The molecule has 2 aromatic heterocycles. The van der Waals surface area contributed by atoms with Crippen molar-refractivity contribution in [3.05, 3.63) is 41.8 Å². The molecule has 0 saturated carbocycles. The van der Waals surface area contributed by atoms with Crippen molar-refractivity contribution in [2.75, 3.05) is 23.8 Å². The number of nitrogens with two attached hydrogens (primary N) is 1. The Balaban J connectivity index is 1.94. The minimum absolute atomic E-state index is 0.0487. The summed E-state index contributed by atoms with van der Waals surface area (Å²) in [5, 5.41) is 22.4. The molecule has 12 heteroatoms. The summed E-state index contributed by atoms with van der Waals surface area (Å²) in [6.45, 7) is 6.59. The number of pyridine rings is 1. The molecule has 3 rings (SSSR count). The summed E-state index contributed by atoms with van der Waals surface area (Å²) < 4.78 is 22.1. The molecule has 182 valence electrons. The van der Waals surface area contributed by atoms with Crippen molar-refractivity contribution in [2.45, 2.75) is 39.4 Å². The lowest BCUT2D eigenvalue weighted by molar-refractivity contribution is 0.1000. The smallest absolute Gasteiger partial charge is 0.404 e. The van der Waals surface area contributed by atoms with Crippen LogP contribution in [0, 0.1) is 5.82 Å². The van der Waals surface area contributed by atoms with Crippen LogP contribution in [0.4, 0.5) is 26.5 Å². The number of primary amides is 1. The van der Waals surface area contributed by atoms with Crippen LogP contribution >= 0.6 is 0 Å². The standard InChI is InChI=1S/C22H28FN7O4/c1-4-30-18-7-6-14(8-13(18)10-25-30)27-20-15(19(24)31)9-16(23)21(29-20)28-17(11-34-5-2)12(3)26-22(32)33/h6-10,12,17,26H,4-5,11H2,1-3H3,(H2,24,31)(H,32,33)(H2,27,28,29)/t12-,17+/m0/s1. The lowest BCUT2D eigenvalue weighted by Crippen LogP contribution is -2.47. The Morgan fingerprint density at radius 1 is 1.26 bits per heavy atom. The highest BCUT2D eigenvalue weighted by Gasteiger charge is 2.23. The number of rotatable bonds is 11. The van der Waals surface area contributed by atoms with Gasteiger partial charge in [0.2, 0.25) is 0 Å². The molecule has 0 aliphatic rings. The van der Waals surface area contributed by atoms with Crippen molar-refractivity contribution in [1.82, 2.24) is 20.1 Å². The fourth-order valence-electron chi connectivity index (χ4n) is 3.45. The van der Waals surface area contributed by atoms with E-state index in [-0.39, 0.29) is 23.8 Å². The number of amides is 2. The van der Waals surface area contributed by atoms with Crippen LogP contribution in [-0.4, -0.2) is 57.2 Å². The van der Waals surface area contributed by atoms with E-state index in [1.54, 1.807) is 26.1 Å². The summed E-state index contributed by atoms with van der Waals surface area (Å²) in [6, 6.07) is 5.21. The number of fused-ring (bicyclic) bond motifs is 1. The van der Waals surface area contributed by atoms with Gasteiger partial charge < -0.3 is 31.5 Å². The van der Waals surface area contributed by atoms with Crippen LogP contribution < -0.4 is 21.7 Å². The molecule has 2 atom stereocenters. The molecular formula is C22H28FN7O4. The van der Waals surface area contributed by atoms with Gasteiger partial charge in [0.1, 0.15) is 5.82 Å². The second-order valence-corrected chi connectivity index (χ2v) is 7.59. The van der Waals surface area contributed by atoms with E-state index >= 15 is 0 Å². The minimum Gasteiger partial charge on any atom is -0.465 e. The molecule has 0 aliphatic heterocycles. The van der Waals surface area contributed by atoms with Crippen LogP contribution in [0.1, 0.15) is 31.1 Å². The fourth-order valence-corrected chi connectivity index (χ4v) is 3.45. The highest BCUT2D eigenvalue weighted by atomic mass is 19.1. The van der Waals surface area contributed by atoms with E-state index in [1.165, 1.54) is 0 Å². The molecule has 0 spiro atoms. The maximum atomic E-state index is 14.8. The van der Waals surface area contributed by atoms with Crippen LogP contribution in [0.3, 0.4) is 0 Å². The number of carboxylic acid groups (broad SMARTS) is 1. The maximum Gasteiger partial charge on any atom is 0.404 e. The van der Waals surface area contributed by atoms with Gasteiger partial charge in [-0.05, 0) is 45.0 Å². The van der Waals surface area contributed by atoms with E-state index in [0.29, 0.717) is 18.8 Å². The number of nitrogens with one attached hydrogen (secondary N) is 3. The summed E-state index contributed by atoms with van der Waals surface area (Å²) in [7, 11) is 0. The van der Waals surface area contributed by atoms with Crippen LogP contribution in [0.2, 0.25) is 0 Å². The second kappa shape index (κ2) is 10.8. The molecule has 0 radical (unpaired) electrons. The predicted octanol–water partition coefficient (Wildman–Crippen LogP) is 2.91. The average Bonchev–Trinajstić information content (AvgIpc) is 3.19. The lowest BCUT2D eigenvalue weighted by atomic mass is 10.1. The van der Waals surface area contributed by atoms with Gasteiger partial charge in [0, 0.05) is 24.2 Å². The molecule has 0 aliphatic carbocycles. The Labute approximate surface area is 195 Å². The van der Waals surface area contributed by atoms with Gasteiger partial charge in [-0.15, -0.1) is 0 Å². The quantitative estimate of drug-likeness (QED) is 0.285. The number of hydrogen-bond acceptors (Lipinski definition) is 7. The van der Waals surface area contributed by atoms with Gasteiger partial charge in [-0.3, -0.25) is 9.48 Å². The number of carbonyl (C=O) groups excluding carboxylic acids is 1. The first kappa shape index (κ1) is 24.7. The average molecular weight is 474 g/mol. The number of anilines is 3. The number of ether oxygens (including phenoxy) is 1. The topological polar surface area (TPSA) is 156 Å². The summed E-state index contributed by atoms with van der Waals surface area (Å²) in [4.78, 5) is 27.3. The third kappa shape index (κ3) is 5.70. The molecule has 6 N–H and O–H groups in total. The van der Waals surface area contributed by atoms with Crippen molar-refractivity contribution in [1.29, 1.82) is 0 Å². The molecule has 0 bridgehead atoms. The molecule has 2 heterocycles. The highest BCUT2D eigenvalue weighted by Crippen LogP contribution is 2.26. The van der Waals surface area contributed by atoms with E-state index in [1.807, 2.05) is 23.7 Å². The molecule has 2 amide bonds. The van der Waals surface area contributed by atoms with Gasteiger partial charge in [-0.2, -0.15) is 5.10 Å². The SMILES string of the molecule is CCOC[C@@H](Nc1nc(Nc2ccc3c(cnn3CC)c2)c(C(N)=O)cc1F)[C@H](C)NC(=O)O. The first-order valence-electron chi connectivity index (χ1n) is 10.8. The highest BCUT2D eigenvalue weighted by molar-refractivity contribution is 5.99. The van der Waals surface area contributed by atoms with Gasteiger partial charge in [0.25, 0.3) is 5.91 Å². The number of carbonyl (C=O) groups is 2. The largest absolute Gasteiger partial charge is 0.465 e. The first-order valence-corrected chi connectivity index (χ1v) is 10.8. The van der Waals surface area contributed by atoms with E-state index in [9.17, 15) is 14.0 Å². The van der Waals surface area contributed by atoms with Crippen molar-refractivity contribution in [3.63, 3.8) is 0 Å². The zero-order valence-corrected chi connectivity index (χ0v) is 19.1. The number of halogens is 1. The Morgan fingerprint density at radius 3 is 2.68 bits per heavy atom. The normalized spacial score (nSPS) is 12.8. The second-order valence-electron chi connectivity index (χ2n) is 7.59. The predicted molar refractivity (Wildman–Crippen MR) is 126 cm³/mol. The Bertz CT molecular complexity index is 1180.